The number of hydrogen-bond donors (Lipinski definition) is 2. The zero-order valence-electron chi connectivity index (χ0n) is 16.4. The number of rotatable bonds is 6. The minimum atomic E-state index is -0.326. The van der Waals surface area contributed by atoms with Crippen LogP contribution in [0, 0.1) is 6.92 Å². The molecule has 0 aliphatic carbocycles. The molecule has 10 heteroatoms. The number of halogens is 2. The molecule has 2 N–H and O–H groups in total. The van der Waals surface area contributed by atoms with Crippen LogP contribution in [-0.2, 0) is 13.1 Å². The van der Waals surface area contributed by atoms with Gasteiger partial charge in [-0.2, -0.15) is 15.3 Å². The molecule has 30 heavy (non-hydrogen) atoms. The Balaban J connectivity index is 1.45. The van der Waals surface area contributed by atoms with Crippen LogP contribution >= 0.6 is 23.2 Å². The Labute approximate surface area is 182 Å². The number of carbonyl (C=O) groups excluding carboxylic acids is 1. The van der Waals surface area contributed by atoms with Crippen molar-refractivity contribution in [3.05, 3.63) is 69.9 Å². The SMILES string of the molecule is CCn1ncc(Cn2cc(NC(=O)c3cc(-c4ccc(Cl)cc4Cl)n[nH]3)cn2)c1C. The lowest BCUT2D eigenvalue weighted by atomic mass is 10.1. The van der Waals surface area contributed by atoms with Gasteiger partial charge in [0, 0.05) is 34.6 Å². The third-order valence-electron chi connectivity index (χ3n) is 4.76. The zero-order chi connectivity index (χ0) is 21.3. The Hall–Kier alpha value is -3.10. The first kappa shape index (κ1) is 20.2. The van der Waals surface area contributed by atoms with E-state index in [1.54, 1.807) is 41.3 Å². The number of nitrogens with zero attached hydrogens (tertiary/aromatic N) is 5. The number of aryl methyl sites for hydroxylation is 1. The molecule has 0 aliphatic heterocycles. The number of anilines is 1. The first-order chi connectivity index (χ1) is 14.4. The fourth-order valence-corrected chi connectivity index (χ4v) is 3.63. The molecule has 1 aromatic carbocycles. The topological polar surface area (TPSA) is 93.4 Å². The first-order valence-corrected chi connectivity index (χ1v) is 10.1. The lowest BCUT2D eigenvalue weighted by Crippen LogP contribution is -2.11. The van der Waals surface area contributed by atoms with Crippen molar-refractivity contribution in [1.82, 2.24) is 29.8 Å². The summed E-state index contributed by atoms with van der Waals surface area (Å²) in [7, 11) is 0. The summed E-state index contributed by atoms with van der Waals surface area (Å²) in [4.78, 5) is 12.6. The predicted molar refractivity (Wildman–Crippen MR) is 116 cm³/mol. The summed E-state index contributed by atoms with van der Waals surface area (Å²) in [6.07, 6.45) is 5.21. The van der Waals surface area contributed by atoms with E-state index in [1.807, 2.05) is 24.7 Å². The van der Waals surface area contributed by atoms with Gasteiger partial charge in [-0.15, -0.1) is 0 Å². The highest BCUT2D eigenvalue weighted by atomic mass is 35.5. The van der Waals surface area contributed by atoms with E-state index < -0.39 is 0 Å². The van der Waals surface area contributed by atoms with Gasteiger partial charge in [0.05, 0.1) is 35.3 Å². The fourth-order valence-electron chi connectivity index (χ4n) is 3.12. The van der Waals surface area contributed by atoms with Gasteiger partial charge in [0.1, 0.15) is 5.69 Å². The van der Waals surface area contributed by atoms with Crippen LogP contribution in [0.1, 0.15) is 28.7 Å². The summed E-state index contributed by atoms with van der Waals surface area (Å²) in [5, 5.41) is 19.4. The van der Waals surface area contributed by atoms with Gasteiger partial charge in [0.2, 0.25) is 0 Å². The number of carbonyl (C=O) groups is 1. The molecule has 0 saturated carbocycles. The number of aromatic nitrogens is 6. The monoisotopic (exact) mass is 443 g/mol. The highest BCUT2D eigenvalue weighted by Gasteiger charge is 2.14. The molecule has 3 aromatic heterocycles. The van der Waals surface area contributed by atoms with Crippen molar-refractivity contribution in [3.63, 3.8) is 0 Å². The summed E-state index contributed by atoms with van der Waals surface area (Å²) in [6.45, 7) is 5.47. The Morgan fingerprint density at radius 2 is 2.03 bits per heavy atom. The lowest BCUT2D eigenvalue weighted by Gasteiger charge is -2.03. The van der Waals surface area contributed by atoms with Crippen molar-refractivity contribution in [3.8, 4) is 11.3 Å². The van der Waals surface area contributed by atoms with Crippen molar-refractivity contribution in [1.29, 1.82) is 0 Å². The average molecular weight is 444 g/mol. The molecule has 0 aliphatic rings. The number of H-pyrrole nitrogens is 1. The average Bonchev–Trinajstić information content (AvgIpc) is 3.44. The van der Waals surface area contributed by atoms with Gasteiger partial charge in [-0.1, -0.05) is 23.2 Å². The van der Waals surface area contributed by atoms with Crippen molar-refractivity contribution in [2.45, 2.75) is 26.9 Å². The molecule has 0 bridgehead atoms. The van der Waals surface area contributed by atoms with Gasteiger partial charge in [-0.3, -0.25) is 19.3 Å². The van der Waals surface area contributed by atoms with Gasteiger partial charge in [-0.25, -0.2) is 0 Å². The van der Waals surface area contributed by atoms with E-state index in [0.717, 1.165) is 17.8 Å². The van der Waals surface area contributed by atoms with E-state index in [9.17, 15) is 4.79 Å². The highest BCUT2D eigenvalue weighted by Crippen LogP contribution is 2.29. The van der Waals surface area contributed by atoms with Crippen LogP contribution in [0.15, 0.2) is 42.9 Å². The van der Waals surface area contributed by atoms with Crippen molar-refractivity contribution >= 4 is 34.8 Å². The molecule has 3 heterocycles. The van der Waals surface area contributed by atoms with Crippen LogP contribution in [0.25, 0.3) is 11.3 Å². The number of benzene rings is 1. The molecule has 154 valence electrons. The Morgan fingerprint density at radius 1 is 1.20 bits per heavy atom. The summed E-state index contributed by atoms with van der Waals surface area (Å²) in [6, 6.07) is 6.75. The minimum absolute atomic E-state index is 0.309. The van der Waals surface area contributed by atoms with Crippen LogP contribution < -0.4 is 5.32 Å². The van der Waals surface area contributed by atoms with Crippen LogP contribution in [0.5, 0.6) is 0 Å². The molecular weight excluding hydrogens is 425 g/mol. The third-order valence-corrected chi connectivity index (χ3v) is 5.31. The largest absolute Gasteiger partial charge is 0.318 e. The molecule has 4 rings (SSSR count). The molecule has 0 saturated heterocycles. The maximum atomic E-state index is 12.6. The van der Waals surface area contributed by atoms with Gasteiger partial charge >= 0.3 is 0 Å². The number of nitrogens with one attached hydrogen (secondary N) is 2. The molecule has 0 unspecified atom stereocenters. The quantitative estimate of drug-likeness (QED) is 0.461. The lowest BCUT2D eigenvalue weighted by molar-refractivity contribution is 0.102. The molecular formula is C20H19Cl2N7O. The molecule has 0 radical (unpaired) electrons. The highest BCUT2D eigenvalue weighted by molar-refractivity contribution is 6.36. The Kier molecular flexibility index (Phi) is 5.61. The number of aromatic amines is 1. The third kappa shape index (κ3) is 4.10. The van der Waals surface area contributed by atoms with E-state index >= 15 is 0 Å². The second-order valence-electron chi connectivity index (χ2n) is 6.74. The fraction of sp³-hybridized carbons (Fsp3) is 0.200. The number of hydrogen-bond acceptors (Lipinski definition) is 4. The molecule has 4 aromatic rings. The maximum Gasteiger partial charge on any atom is 0.273 e. The summed E-state index contributed by atoms with van der Waals surface area (Å²) < 4.78 is 3.69. The molecule has 8 nitrogen and oxygen atoms in total. The normalized spacial score (nSPS) is 11.1. The molecule has 0 spiro atoms. The van der Waals surface area contributed by atoms with Crippen molar-refractivity contribution in [2.24, 2.45) is 0 Å². The first-order valence-electron chi connectivity index (χ1n) is 9.30. The van der Waals surface area contributed by atoms with E-state index in [-0.39, 0.29) is 5.91 Å². The summed E-state index contributed by atoms with van der Waals surface area (Å²) >= 11 is 12.1. The van der Waals surface area contributed by atoms with E-state index in [0.29, 0.717) is 39.2 Å². The van der Waals surface area contributed by atoms with Gasteiger partial charge in [-0.05, 0) is 38.1 Å². The smallest absolute Gasteiger partial charge is 0.273 e. The maximum absolute atomic E-state index is 12.6. The standard InChI is InChI=1S/C20H19Cl2N7O/c1-3-29-12(2)13(8-24-29)10-28-11-15(9-23-28)25-20(30)19-7-18(26-27-19)16-5-4-14(21)6-17(16)22/h4-9,11H,3,10H2,1-2H3,(H,25,30)(H,26,27). The minimum Gasteiger partial charge on any atom is -0.318 e. The second kappa shape index (κ2) is 8.33. The van der Waals surface area contributed by atoms with Crippen LogP contribution in [0.2, 0.25) is 10.0 Å². The summed E-state index contributed by atoms with van der Waals surface area (Å²) in [5.74, 6) is -0.326. The second-order valence-corrected chi connectivity index (χ2v) is 7.59. The van der Waals surface area contributed by atoms with E-state index in [2.05, 4.69) is 25.7 Å². The van der Waals surface area contributed by atoms with E-state index in [1.165, 1.54) is 0 Å². The molecule has 0 atom stereocenters. The number of amides is 1. The van der Waals surface area contributed by atoms with Crippen LogP contribution in [0.3, 0.4) is 0 Å². The van der Waals surface area contributed by atoms with E-state index in [4.69, 9.17) is 23.2 Å². The predicted octanol–water partition coefficient (Wildman–Crippen LogP) is 4.41. The molecule has 1 amide bonds. The van der Waals surface area contributed by atoms with Gasteiger partial charge in [0.25, 0.3) is 5.91 Å². The Bertz CT molecular complexity index is 1210. The van der Waals surface area contributed by atoms with Gasteiger partial charge < -0.3 is 5.32 Å². The van der Waals surface area contributed by atoms with Crippen LogP contribution in [0.4, 0.5) is 5.69 Å². The van der Waals surface area contributed by atoms with Crippen LogP contribution in [-0.4, -0.2) is 35.7 Å². The van der Waals surface area contributed by atoms with Crippen molar-refractivity contribution in [2.75, 3.05) is 5.32 Å². The van der Waals surface area contributed by atoms with Gasteiger partial charge in [0.15, 0.2) is 0 Å². The summed E-state index contributed by atoms with van der Waals surface area (Å²) in [5.41, 5.74) is 4.32. The zero-order valence-corrected chi connectivity index (χ0v) is 17.9. The Morgan fingerprint density at radius 3 is 2.77 bits per heavy atom. The molecule has 0 fully saturated rings. The van der Waals surface area contributed by atoms with Crippen molar-refractivity contribution < 1.29 is 4.79 Å².